The van der Waals surface area contributed by atoms with Gasteiger partial charge < -0.3 is 9.80 Å². The van der Waals surface area contributed by atoms with E-state index < -0.39 is 10.0 Å². The number of nitrogens with zero attached hydrogens (tertiary/aromatic N) is 3. The molecule has 0 bridgehead atoms. The third-order valence-corrected chi connectivity index (χ3v) is 8.05. The first-order valence-electron chi connectivity index (χ1n) is 9.06. The van der Waals surface area contributed by atoms with E-state index in [2.05, 4.69) is 20.8 Å². The predicted molar refractivity (Wildman–Crippen MR) is 105 cm³/mol. The van der Waals surface area contributed by atoms with Gasteiger partial charge in [-0.1, -0.05) is 0 Å². The Hall–Kier alpha value is -0.960. The van der Waals surface area contributed by atoms with E-state index in [1.807, 2.05) is 4.90 Å². The molecule has 1 atom stereocenters. The molecule has 1 unspecified atom stereocenters. The molecular formula is C18H26BrN3O3S. The molecule has 0 radical (unpaired) electrons. The highest BCUT2D eigenvalue weighted by Crippen LogP contribution is 2.28. The molecule has 0 aliphatic carbocycles. The average molecular weight is 444 g/mol. The van der Waals surface area contributed by atoms with Crippen LogP contribution >= 0.6 is 15.9 Å². The average Bonchev–Trinajstić information content (AvgIpc) is 3.26. The Bertz CT molecular complexity index is 776. The molecule has 1 aromatic rings. The lowest BCUT2D eigenvalue weighted by Crippen LogP contribution is -2.42. The summed E-state index contributed by atoms with van der Waals surface area (Å²) in [6.45, 7) is 3.89. The van der Waals surface area contributed by atoms with Crippen molar-refractivity contribution in [3.8, 4) is 0 Å². The van der Waals surface area contributed by atoms with Crippen LogP contribution in [0.1, 0.15) is 36.0 Å². The van der Waals surface area contributed by atoms with E-state index in [1.165, 1.54) is 33.0 Å². The zero-order valence-corrected chi connectivity index (χ0v) is 17.7. The number of sulfonamides is 1. The summed E-state index contributed by atoms with van der Waals surface area (Å²) < 4.78 is 26.6. The van der Waals surface area contributed by atoms with Gasteiger partial charge in [-0.3, -0.25) is 4.79 Å². The van der Waals surface area contributed by atoms with Crippen LogP contribution in [0.25, 0.3) is 0 Å². The highest BCUT2D eigenvalue weighted by Gasteiger charge is 2.32. The molecule has 0 spiro atoms. The number of rotatable bonds is 5. The summed E-state index contributed by atoms with van der Waals surface area (Å²) in [5, 5.41) is 0. The lowest BCUT2D eigenvalue weighted by atomic mass is 10.1. The summed E-state index contributed by atoms with van der Waals surface area (Å²) in [6.07, 6.45) is 4.49. The van der Waals surface area contributed by atoms with Crippen LogP contribution in [0.15, 0.2) is 27.6 Å². The normalized spacial score (nSPS) is 21.7. The molecule has 2 aliphatic heterocycles. The number of carbonyl (C=O) groups excluding carboxylic acids is 1. The minimum atomic E-state index is -3.61. The van der Waals surface area contributed by atoms with Crippen LogP contribution in [0.3, 0.4) is 0 Å². The van der Waals surface area contributed by atoms with Crippen molar-refractivity contribution in [3.05, 3.63) is 28.2 Å². The van der Waals surface area contributed by atoms with Crippen molar-refractivity contribution in [3.63, 3.8) is 0 Å². The molecule has 0 N–H and O–H groups in total. The number of amides is 1. The SMILES string of the molecule is CN(C)S(=O)(=O)c1cc(C(=O)N2CCCC2CN2CCCC2)ccc1Br. The van der Waals surface area contributed by atoms with Gasteiger partial charge in [0.2, 0.25) is 10.0 Å². The van der Waals surface area contributed by atoms with Gasteiger partial charge in [0.05, 0.1) is 4.90 Å². The Morgan fingerprint density at radius 1 is 1.19 bits per heavy atom. The largest absolute Gasteiger partial charge is 0.334 e. The summed E-state index contributed by atoms with van der Waals surface area (Å²) in [5.41, 5.74) is 0.432. The third-order valence-electron chi connectivity index (χ3n) is 5.24. The zero-order chi connectivity index (χ0) is 18.9. The van der Waals surface area contributed by atoms with Crippen molar-refractivity contribution in [2.24, 2.45) is 0 Å². The first kappa shape index (κ1) is 19.8. The van der Waals surface area contributed by atoms with E-state index in [9.17, 15) is 13.2 Å². The topological polar surface area (TPSA) is 60.9 Å². The van der Waals surface area contributed by atoms with Gasteiger partial charge >= 0.3 is 0 Å². The monoisotopic (exact) mass is 443 g/mol. The van der Waals surface area contributed by atoms with E-state index in [1.54, 1.807) is 12.1 Å². The van der Waals surface area contributed by atoms with E-state index >= 15 is 0 Å². The fourth-order valence-electron chi connectivity index (χ4n) is 3.75. The van der Waals surface area contributed by atoms with Crippen LogP contribution in [0.2, 0.25) is 0 Å². The minimum absolute atomic E-state index is 0.0746. The highest BCUT2D eigenvalue weighted by atomic mass is 79.9. The quantitative estimate of drug-likeness (QED) is 0.700. The molecule has 0 aromatic heterocycles. The second-order valence-electron chi connectivity index (χ2n) is 7.23. The van der Waals surface area contributed by atoms with Crippen LogP contribution in [-0.4, -0.2) is 74.7 Å². The Labute approximate surface area is 164 Å². The molecule has 2 fully saturated rings. The lowest BCUT2D eigenvalue weighted by Gasteiger charge is -2.28. The third kappa shape index (κ3) is 3.98. The second-order valence-corrected chi connectivity index (χ2v) is 10.2. The predicted octanol–water partition coefficient (Wildman–Crippen LogP) is 2.40. The van der Waals surface area contributed by atoms with Gasteiger partial charge in [0, 0.05) is 43.3 Å². The number of benzene rings is 1. The maximum atomic E-state index is 13.1. The first-order chi connectivity index (χ1) is 12.3. The van der Waals surface area contributed by atoms with Crippen LogP contribution in [0, 0.1) is 0 Å². The van der Waals surface area contributed by atoms with Crippen LogP contribution in [0.5, 0.6) is 0 Å². The van der Waals surface area contributed by atoms with Crippen molar-refractivity contribution >= 4 is 31.9 Å². The summed E-state index contributed by atoms with van der Waals surface area (Å²) in [5.74, 6) is -0.0746. The molecule has 2 saturated heterocycles. The van der Waals surface area contributed by atoms with Crippen molar-refractivity contribution in [2.45, 2.75) is 36.6 Å². The van der Waals surface area contributed by atoms with Gasteiger partial charge in [0.1, 0.15) is 0 Å². The fraction of sp³-hybridized carbons (Fsp3) is 0.611. The van der Waals surface area contributed by atoms with Gasteiger partial charge in [-0.15, -0.1) is 0 Å². The van der Waals surface area contributed by atoms with Gasteiger partial charge in [-0.2, -0.15) is 0 Å². The van der Waals surface area contributed by atoms with Crippen molar-refractivity contribution in [1.82, 2.24) is 14.1 Å². The maximum Gasteiger partial charge on any atom is 0.254 e. The highest BCUT2D eigenvalue weighted by molar-refractivity contribution is 9.10. The Morgan fingerprint density at radius 2 is 1.88 bits per heavy atom. The second kappa shape index (κ2) is 7.96. The number of hydrogen-bond acceptors (Lipinski definition) is 4. The van der Waals surface area contributed by atoms with Crippen molar-refractivity contribution in [2.75, 3.05) is 40.3 Å². The molecule has 2 heterocycles. The van der Waals surface area contributed by atoms with Crippen LogP contribution in [0.4, 0.5) is 0 Å². The summed E-state index contributed by atoms with van der Waals surface area (Å²) >= 11 is 3.30. The number of likely N-dealkylation sites (tertiary alicyclic amines) is 2. The Kier molecular flexibility index (Phi) is 6.06. The van der Waals surface area contributed by atoms with Crippen LogP contribution < -0.4 is 0 Å². The summed E-state index contributed by atoms with van der Waals surface area (Å²) in [6, 6.07) is 5.06. The smallest absolute Gasteiger partial charge is 0.254 e. The Balaban J connectivity index is 1.83. The summed E-state index contributed by atoms with van der Waals surface area (Å²) in [7, 11) is -0.634. The molecule has 2 aliphatic rings. The molecule has 1 amide bonds. The van der Waals surface area contributed by atoms with Crippen molar-refractivity contribution in [1.29, 1.82) is 0 Å². The molecule has 1 aromatic carbocycles. The number of halogens is 1. The minimum Gasteiger partial charge on any atom is -0.334 e. The standard InChI is InChI=1S/C18H26BrN3O3S/c1-20(2)26(24,25)17-12-14(7-8-16(17)19)18(23)22-11-5-6-15(22)13-21-9-3-4-10-21/h7-8,12,15H,3-6,9-11,13H2,1-2H3. The van der Waals surface area contributed by atoms with Crippen molar-refractivity contribution < 1.29 is 13.2 Å². The zero-order valence-electron chi connectivity index (χ0n) is 15.3. The van der Waals surface area contributed by atoms with E-state index in [-0.39, 0.29) is 16.8 Å². The summed E-state index contributed by atoms with van der Waals surface area (Å²) in [4.78, 5) is 17.6. The van der Waals surface area contributed by atoms with E-state index in [0.29, 0.717) is 10.0 Å². The van der Waals surface area contributed by atoms with Gasteiger partial charge in [-0.25, -0.2) is 12.7 Å². The van der Waals surface area contributed by atoms with Gasteiger partial charge in [0.25, 0.3) is 5.91 Å². The molecule has 26 heavy (non-hydrogen) atoms. The van der Waals surface area contributed by atoms with Crippen LogP contribution in [-0.2, 0) is 10.0 Å². The fourth-order valence-corrected chi connectivity index (χ4v) is 5.60. The van der Waals surface area contributed by atoms with E-state index in [4.69, 9.17) is 0 Å². The molecule has 0 saturated carbocycles. The molecule has 144 valence electrons. The maximum absolute atomic E-state index is 13.1. The number of hydrogen-bond donors (Lipinski definition) is 0. The number of carbonyl (C=O) groups is 1. The van der Waals surface area contributed by atoms with E-state index in [0.717, 1.165) is 43.3 Å². The first-order valence-corrected chi connectivity index (χ1v) is 11.3. The molecule has 6 nitrogen and oxygen atoms in total. The Morgan fingerprint density at radius 3 is 2.54 bits per heavy atom. The van der Waals surface area contributed by atoms with Gasteiger partial charge in [0.15, 0.2) is 0 Å². The molecular weight excluding hydrogens is 418 g/mol. The van der Waals surface area contributed by atoms with Gasteiger partial charge in [-0.05, 0) is 72.9 Å². The lowest BCUT2D eigenvalue weighted by molar-refractivity contribution is 0.0708. The molecule has 3 rings (SSSR count). The molecule has 8 heteroatoms.